The molecule has 0 aliphatic carbocycles. The third kappa shape index (κ3) is 4.81. The predicted octanol–water partition coefficient (Wildman–Crippen LogP) is 3.62. The number of nitrogens with zero attached hydrogens (tertiary/aromatic N) is 4. The summed E-state index contributed by atoms with van der Waals surface area (Å²) in [6, 6.07) is 21.1. The van der Waals surface area contributed by atoms with Crippen LogP contribution in [-0.2, 0) is 16.1 Å². The van der Waals surface area contributed by atoms with Crippen molar-refractivity contribution in [1.29, 1.82) is 0 Å². The van der Waals surface area contributed by atoms with Crippen LogP contribution in [0.3, 0.4) is 0 Å². The van der Waals surface area contributed by atoms with E-state index < -0.39 is 0 Å². The van der Waals surface area contributed by atoms with E-state index in [1.165, 1.54) is 4.90 Å². The van der Waals surface area contributed by atoms with Crippen LogP contribution in [0.1, 0.15) is 18.1 Å². The molecule has 0 saturated carbocycles. The number of benzene rings is 2. The van der Waals surface area contributed by atoms with E-state index in [0.717, 1.165) is 49.7 Å². The van der Waals surface area contributed by atoms with Gasteiger partial charge in [0.15, 0.2) is 0 Å². The Morgan fingerprint density at radius 2 is 1.60 bits per heavy atom. The smallest absolute Gasteiger partial charge is 0.278 e. The Balaban J connectivity index is 1.39. The molecular weight excluding hydrogens is 438 g/mol. The number of nitrogens with one attached hydrogen (secondary N) is 1. The van der Waals surface area contributed by atoms with Crippen molar-refractivity contribution in [2.45, 2.75) is 13.5 Å². The summed E-state index contributed by atoms with van der Waals surface area (Å²) in [5, 5.41) is 3.26. The van der Waals surface area contributed by atoms with E-state index in [0.29, 0.717) is 16.8 Å². The summed E-state index contributed by atoms with van der Waals surface area (Å²) >= 11 is 0. The van der Waals surface area contributed by atoms with E-state index in [2.05, 4.69) is 39.2 Å². The molecule has 2 amide bonds. The maximum atomic E-state index is 13.4. The van der Waals surface area contributed by atoms with Gasteiger partial charge in [-0.3, -0.25) is 19.5 Å². The highest BCUT2D eigenvalue weighted by Crippen LogP contribution is 2.32. The quantitative estimate of drug-likeness (QED) is 0.536. The number of amides is 2. The molecule has 0 atom stereocenters. The monoisotopic (exact) mass is 467 g/mol. The van der Waals surface area contributed by atoms with Crippen molar-refractivity contribution in [2.75, 3.05) is 42.9 Å². The molecule has 3 heterocycles. The zero-order valence-corrected chi connectivity index (χ0v) is 19.9. The van der Waals surface area contributed by atoms with E-state index in [9.17, 15) is 9.59 Å². The molecule has 1 saturated heterocycles. The first kappa shape index (κ1) is 22.8. The minimum absolute atomic E-state index is 0.176. The van der Waals surface area contributed by atoms with Crippen molar-refractivity contribution < 1.29 is 9.59 Å². The average molecular weight is 468 g/mol. The Morgan fingerprint density at radius 3 is 2.26 bits per heavy atom. The largest absolute Gasteiger partial charge is 0.369 e. The molecule has 1 fully saturated rings. The number of hydrogen-bond donors (Lipinski definition) is 1. The molecule has 178 valence electrons. The van der Waals surface area contributed by atoms with Crippen molar-refractivity contribution in [3.05, 3.63) is 95.9 Å². The molecule has 0 radical (unpaired) electrons. The van der Waals surface area contributed by atoms with E-state index in [4.69, 9.17) is 0 Å². The summed E-state index contributed by atoms with van der Waals surface area (Å²) in [6.07, 6.45) is 3.35. The second-order valence-corrected chi connectivity index (χ2v) is 8.77. The molecule has 0 spiro atoms. The van der Waals surface area contributed by atoms with Gasteiger partial charge < -0.3 is 15.1 Å². The van der Waals surface area contributed by atoms with E-state index in [1.54, 1.807) is 18.5 Å². The van der Waals surface area contributed by atoms with Crippen LogP contribution in [0, 0.1) is 0 Å². The van der Waals surface area contributed by atoms with Crippen molar-refractivity contribution in [3.8, 4) is 0 Å². The standard InChI is InChI=1S/C28H29N5O2/c1-2-31-15-17-32(18-16-31)24-12-10-23(11-13-24)30-26-25(22-8-4-3-5-9-22)27(34)33(28(26)35)20-21-7-6-14-29-19-21/h3-14,19,30H,2,15-18,20H2,1H3. The maximum absolute atomic E-state index is 13.4. The van der Waals surface area contributed by atoms with Crippen LogP contribution in [0.5, 0.6) is 0 Å². The number of carbonyl (C=O) groups is 2. The number of piperazine rings is 1. The van der Waals surface area contributed by atoms with Gasteiger partial charge in [-0.2, -0.15) is 0 Å². The summed E-state index contributed by atoms with van der Waals surface area (Å²) in [5.74, 6) is -0.643. The predicted molar refractivity (Wildman–Crippen MR) is 138 cm³/mol. The fraction of sp³-hybridized carbons (Fsp3) is 0.250. The summed E-state index contributed by atoms with van der Waals surface area (Å²) in [7, 11) is 0. The molecule has 1 N–H and O–H groups in total. The first-order valence-corrected chi connectivity index (χ1v) is 12.0. The highest BCUT2D eigenvalue weighted by molar-refractivity contribution is 6.36. The Hall–Kier alpha value is -3.97. The van der Waals surface area contributed by atoms with Crippen LogP contribution in [-0.4, -0.2) is 59.3 Å². The molecule has 0 bridgehead atoms. The van der Waals surface area contributed by atoms with Crippen LogP contribution in [0.4, 0.5) is 11.4 Å². The molecule has 0 unspecified atom stereocenters. The second-order valence-electron chi connectivity index (χ2n) is 8.77. The number of anilines is 2. The highest BCUT2D eigenvalue weighted by atomic mass is 16.2. The minimum atomic E-state index is -0.336. The number of aromatic nitrogens is 1. The van der Waals surface area contributed by atoms with E-state index in [1.807, 2.05) is 48.5 Å². The summed E-state index contributed by atoms with van der Waals surface area (Å²) in [4.78, 5) is 37.1. The molecule has 2 aliphatic rings. The molecular formula is C28H29N5O2. The summed E-state index contributed by atoms with van der Waals surface area (Å²) in [6.45, 7) is 7.58. The van der Waals surface area contributed by atoms with Gasteiger partial charge in [0.05, 0.1) is 12.1 Å². The average Bonchev–Trinajstić information content (AvgIpc) is 3.14. The lowest BCUT2D eigenvalue weighted by Gasteiger charge is -2.35. The van der Waals surface area contributed by atoms with Gasteiger partial charge in [0.2, 0.25) is 0 Å². The Labute approximate surface area is 205 Å². The second kappa shape index (κ2) is 10.1. The Bertz CT molecular complexity index is 1220. The van der Waals surface area contributed by atoms with Crippen molar-refractivity contribution >= 4 is 28.8 Å². The zero-order valence-electron chi connectivity index (χ0n) is 19.9. The third-order valence-electron chi connectivity index (χ3n) is 6.62. The Morgan fingerprint density at radius 1 is 0.857 bits per heavy atom. The van der Waals surface area contributed by atoms with Gasteiger partial charge in [-0.25, -0.2) is 0 Å². The molecule has 2 aliphatic heterocycles. The number of pyridine rings is 1. The topological polar surface area (TPSA) is 68.8 Å². The number of hydrogen-bond acceptors (Lipinski definition) is 6. The van der Waals surface area contributed by atoms with Crippen LogP contribution in [0.25, 0.3) is 5.57 Å². The van der Waals surface area contributed by atoms with Crippen LogP contribution in [0.2, 0.25) is 0 Å². The van der Waals surface area contributed by atoms with Gasteiger partial charge in [0.1, 0.15) is 5.70 Å². The molecule has 3 aromatic rings. The lowest BCUT2D eigenvalue weighted by atomic mass is 10.0. The lowest BCUT2D eigenvalue weighted by molar-refractivity contribution is -0.137. The van der Waals surface area contributed by atoms with Gasteiger partial charge in [-0.1, -0.05) is 43.3 Å². The fourth-order valence-electron chi connectivity index (χ4n) is 4.60. The van der Waals surface area contributed by atoms with Crippen LogP contribution >= 0.6 is 0 Å². The first-order valence-electron chi connectivity index (χ1n) is 12.0. The first-order chi connectivity index (χ1) is 17.1. The van der Waals surface area contributed by atoms with E-state index >= 15 is 0 Å². The van der Waals surface area contributed by atoms with Gasteiger partial charge in [0.25, 0.3) is 11.8 Å². The summed E-state index contributed by atoms with van der Waals surface area (Å²) in [5.41, 5.74) is 4.14. The number of likely N-dealkylation sites (N-methyl/N-ethyl adjacent to an activating group) is 1. The highest BCUT2D eigenvalue weighted by Gasteiger charge is 2.39. The van der Waals surface area contributed by atoms with Crippen molar-refractivity contribution in [1.82, 2.24) is 14.8 Å². The molecule has 7 nitrogen and oxygen atoms in total. The van der Waals surface area contributed by atoms with Gasteiger partial charge in [-0.05, 0) is 48.0 Å². The molecule has 7 heteroatoms. The molecule has 35 heavy (non-hydrogen) atoms. The number of carbonyl (C=O) groups excluding carboxylic acids is 2. The molecule has 2 aromatic carbocycles. The van der Waals surface area contributed by atoms with Gasteiger partial charge in [0, 0.05) is 49.9 Å². The summed E-state index contributed by atoms with van der Waals surface area (Å²) < 4.78 is 0. The molecule has 5 rings (SSSR count). The van der Waals surface area contributed by atoms with Crippen LogP contribution in [0.15, 0.2) is 84.8 Å². The lowest BCUT2D eigenvalue weighted by Crippen LogP contribution is -2.46. The number of imide groups is 1. The van der Waals surface area contributed by atoms with E-state index in [-0.39, 0.29) is 18.4 Å². The zero-order chi connectivity index (χ0) is 24.2. The van der Waals surface area contributed by atoms with Crippen LogP contribution < -0.4 is 10.2 Å². The Kier molecular flexibility index (Phi) is 6.59. The fourth-order valence-corrected chi connectivity index (χ4v) is 4.60. The maximum Gasteiger partial charge on any atom is 0.278 e. The van der Waals surface area contributed by atoms with Gasteiger partial charge >= 0.3 is 0 Å². The minimum Gasteiger partial charge on any atom is -0.369 e. The molecule has 1 aromatic heterocycles. The van der Waals surface area contributed by atoms with Crippen molar-refractivity contribution in [2.24, 2.45) is 0 Å². The SMILES string of the molecule is CCN1CCN(c2ccc(NC3=C(c4ccccc4)C(=O)N(Cc4cccnc4)C3=O)cc2)CC1. The number of rotatable bonds is 7. The normalized spacial score (nSPS) is 16.8. The van der Waals surface area contributed by atoms with Crippen molar-refractivity contribution in [3.63, 3.8) is 0 Å². The van der Waals surface area contributed by atoms with Gasteiger partial charge in [-0.15, -0.1) is 0 Å². The third-order valence-corrected chi connectivity index (χ3v) is 6.62.